The van der Waals surface area contributed by atoms with Gasteiger partial charge in [-0.05, 0) is 88.5 Å². The molecule has 172 valence electrons. The summed E-state index contributed by atoms with van der Waals surface area (Å²) >= 11 is 19.1. The molecule has 0 radical (unpaired) electrons. The molecule has 0 saturated carbocycles. The fraction of sp³-hybridized carbons (Fsp3) is 0.182. The molecule has 0 unspecified atom stereocenters. The summed E-state index contributed by atoms with van der Waals surface area (Å²) in [6.45, 7) is 5.54. The fourth-order valence-electron chi connectivity index (χ4n) is 2.97. The molecule has 0 atom stereocenters. The molecule has 2 N–H and O–H groups in total. The Morgan fingerprint density at radius 3 is 2.61 bits per heavy atom. The van der Waals surface area contributed by atoms with Gasteiger partial charge in [0, 0.05) is 28.9 Å². The first-order chi connectivity index (χ1) is 15.6. The van der Waals surface area contributed by atoms with Crippen molar-refractivity contribution in [1.82, 2.24) is 20.1 Å². The maximum absolute atomic E-state index is 13.3. The van der Waals surface area contributed by atoms with Gasteiger partial charge in [-0.3, -0.25) is 9.59 Å². The summed E-state index contributed by atoms with van der Waals surface area (Å²) in [4.78, 5) is 29.8. The van der Waals surface area contributed by atoms with Gasteiger partial charge >= 0.3 is 0 Å². The zero-order valence-corrected chi connectivity index (χ0v) is 22.5. The highest BCUT2D eigenvalue weighted by Crippen LogP contribution is 2.30. The van der Waals surface area contributed by atoms with Crippen LogP contribution >= 0.6 is 55.1 Å². The van der Waals surface area contributed by atoms with E-state index < -0.39 is 5.91 Å². The Kier molecular flexibility index (Phi) is 8.33. The van der Waals surface area contributed by atoms with Crippen molar-refractivity contribution in [2.24, 2.45) is 0 Å². The van der Waals surface area contributed by atoms with Crippen molar-refractivity contribution >= 4 is 78.6 Å². The predicted molar refractivity (Wildman–Crippen MR) is 138 cm³/mol. The molecule has 2 heterocycles. The second kappa shape index (κ2) is 10.8. The SMILES string of the molecule is Cc1cc(Cl)cc(C=C(Br)C(=O)NC(C)C)c1NC(=O)c1cc(Br)nn1-c1ncccc1Cl. The van der Waals surface area contributed by atoms with Gasteiger partial charge in [-0.25, -0.2) is 9.67 Å². The number of anilines is 1. The molecule has 2 amide bonds. The third-order valence-electron chi connectivity index (χ3n) is 4.34. The number of pyridine rings is 1. The highest BCUT2D eigenvalue weighted by molar-refractivity contribution is 9.12. The van der Waals surface area contributed by atoms with Crippen molar-refractivity contribution < 1.29 is 9.59 Å². The lowest BCUT2D eigenvalue weighted by Gasteiger charge is -2.14. The summed E-state index contributed by atoms with van der Waals surface area (Å²) in [7, 11) is 0. The van der Waals surface area contributed by atoms with Gasteiger partial charge in [-0.2, -0.15) is 5.10 Å². The number of carbonyl (C=O) groups excluding carboxylic acids is 2. The topological polar surface area (TPSA) is 88.9 Å². The van der Waals surface area contributed by atoms with Crippen LogP contribution in [-0.2, 0) is 4.79 Å². The maximum atomic E-state index is 13.3. The number of aryl methyl sites for hydroxylation is 1. The van der Waals surface area contributed by atoms with Gasteiger partial charge in [-0.1, -0.05) is 23.2 Å². The highest BCUT2D eigenvalue weighted by atomic mass is 79.9. The Morgan fingerprint density at radius 2 is 1.94 bits per heavy atom. The van der Waals surface area contributed by atoms with Crippen LogP contribution in [0.15, 0.2) is 45.6 Å². The first-order valence-corrected chi connectivity index (χ1v) is 12.1. The van der Waals surface area contributed by atoms with E-state index in [0.29, 0.717) is 41.8 Å². The number of amides is 2. The smallest absolute Gasteiger partial charge is 0.274 e. The number of aromatic nitrogens is 3. The summed E-state index contributed by atoms with van der Waals surface area (Å²) in [6, 6.07) is 8.26. The molecule has 3 aromatic rings. The van der Waals surface area contributed by atoms with E-state index in [4.69, 9.17) is 23.2 Å². The predicted octanol–water partition coefficient (Wildman–Crippen LogP) is 6.16. The Morgan fingerprint density at radius 1 is 1.21 bits per heavy atom. The molecule has 2 aromatic heterocycles. The molecular weight excluding hydrogens is 597 g/mol. The average Bonchev–Trinajstić information content (AvgIpc) is 3.11. The van der Waals surface area contributed by atoms with Crippen molar-refractivity contribution in [3.05, 3.63) is 72.5 Å². The number of halogens is 4. The molecule has 0 bridgehead atoms. The van der Waals surface area contributed by atoms with Crippen LogP contribution in [0, 0.1) is 6.92 Å². The van der Waals surface area contributed by atoms with Crippen LogP contribution in [0.5, 0.6) is 0 Å². The zero-order chi connectivity index (χ0) is 24.3. The number of nitrogens with one attached hydrogen (secondary N) is 2. The van der Waals surface area contributed by atoms with Gasteiger partial charge in [0.1, 0.15) is 10.3 Å². The van der Waals surface area contributed by atoms with Gasteiger partial charge in [0.05, 0.1) is 15.2 Å². The first kappa shape index (κ1) is 25.4. The summed E-state index contributed by atoms with van der Waals surface area (Å²) in [5, 5.41) is 10.8. The monoisotopic (exact) mass is 613 g/mol. The molecule has 11 heteroatoms. The Labute approximate surface area is 217 Å². The third-order valence-corrected chi connectivity index (χ3v) is 5.83. The summed E-state index contributed by atoms with van der Waals surface area (Å²) in [6.07, 6.45) is 3.17. The molecule has 3 rings (SSSR count). The van der Waals surface area contributed by atoms with Crippen LogP contribution in [0.4, 0.5) is 5.69 Å². The lowest BCUT2D eigenvalue weighted by atomic mass is 10.1. The Balaban J connectivity index is 2.01. The van der Waals surface area contributed by atoms with Gasteiger partial charge in [0.15, 0.2) is 5.82 Å². The number of carbonyl (C=O) groups is 2. The van der Waals surface area contributed by atoms with Gasteiger partial charge in [0.25, 0.3) is 11.8 Å². The average molecular weight is 616 g/mol. The molecule has 0 fully saturated rings. The summed E-state index contributed by atoms with van der Waals surface area (Å²) < 4.78 is 2.09. The van der Waals surface area contributed by atoms with Crippen molar-refractivity contribution in [1.29, 1.82) is 0 Å². The molecule has 7 nitrogen and oxygen atoms in total. The van der Waals surface area contributed by atoms with Gasteiger partial charge in [0.2, 0.25) is 0 Å². The third kappa shape index (κ3) is 6.23. The van der Waals surface area contributed by atoms with Crippen LogP contribution in [0.1, 0.15) is 35.5 Å². The zero-order valence-electron chi connectivity index (χ0n) is 17.8. The molecule has 0 saturated heterocycles. The van der Waals surface area contributed by atoms with Crippen molar-refractivity contribution in [3.8, 4) is 5.82 Å². The molecule has 0 spiro atoms. The minimum Gasteiger partial charge on any atom is -0.349 e. The quantitative estimate of drug-likeness (QED) is 0.325. The lowest BCUT2D eigenvalue weighted by Crippen LogP contribution is -2.29. The van der Waals surface area contributed by atoms with Crippen molar-refractivity contribution in [3.63, 3.8) is 0 Å². The summed E-state index contributed by atoms with van der Waals surface area (Å²) in [5.41, 5.74) is 1.98. The fourth-order valence-corrected chi connectivity index (χ4v) is 4.19. The minimum absolute atomic E-state index is 0.0316. The normalized spacial score (nSPS) is 11.6. The van der Waals surface area contributed by atoms with Crippen LogP contribution in [-0.4, -0.2) is 32.6 Å². The van der Waals surface area contributed by atoms with Crippen LogP contribution in [0.25, 0.3) is 11.9 Å². The van der Waals surface area contributed by atoms with Gasteiger partial charge in [-0.15, -0.1) is 0 Å². The van der Waals surface area contributed by atoms with E-state index in [-0.39, 0.29) is 17.6 Å². The molecular formula is C22H19Br2Cl2N5O2. The van der Waals surface area contributed by atoms with Crippen molar-refractivity contribution in [2.75, 3.05) is 5.32 Å². The highest BCUT2D eigenvalue weighted by Gasteiger charge is 2.21. The van der Waals surface area contributed by atoms with E-state index >= 15 is 0 Å². The standard InChI is InChI=1S/C22H19Br2Cl2N5O2/c1-11(2)28-21(32)15(23)9-13-8-14(25)7-12(3)19(13)29-22(33)17-10-18(24)30-31(17)20-16(26)5-4-6-27-20/h4-11H,1-3H3,(H,28,32)(H,29,33). The number of nitrogens with zero attached hydrogens (tertiary/aromatic N) is 3. The van der Waals surface area contributed by atoms with E-state index in [1.54, 1.807) is 42.6 Å². The van der Waals surface area contributed by atoms with Crippen LogP contribution in [0.3, 0.4) is 0 Å². The van der Waals surface area contributed by atoms with E-state index in [1.807, 2.05) is 20.8 Å². The van der Waals surface area contributed by atoms with Crippen molar-refractivity contribution in [2.45, 2.75) is 26.8 Å². The largest absolute Gasteiger partial charge is 0.349 e. The molecule has 33 heavy (non-hydrogen) atoms. The number of benzene rings is 1. The van der Waals surface area contributed by atoms with E-state index in [1.165, 1.54) is 4.68 Å². The van der Waals surface area contributed by atoms with E-state index in [0.717, 1.165) is 0 Å². The molecule has 0 aliphatic carbocycles. The second-order valence-corrected chi connectivity index (χ2v) is 9.84. The van der Waals surface area contributed by atoms with E-state index in [2.05, 4.69) is 52.6 Å². The second-order valence-electron chi connectivity index (χ2n) is 7.33. The Hall–Kier alpha value is -2.20. The molecule has 0 aliphatic heterocycles. The first-order valence-electron chi connectivity index (χ1n) is 9.72. The summed E-state index contributed by atoms with van der Waals surface area (Å²) in [5.74, 6) is -0.416. The van der Waals surface area contributed by atoms with Crippen LogP contribution in [0.2, 0.25) is 10.0 Å². The van der Waals surface area contributed by atoms with Crippen LogP contribution < -0.4 is 10.6 Å². The Bertz CT molecular complexity index is 1260. The maximum Gasteiger partial charge on any atom is 0.274 e. The molecule has 0 aliphatic rings. The number of rotatable bonds is 6. The molecule has 1 aromatic carbocycles. The van der Waals surface area contributed by atoms with E-state index in [9.17, 15) is 9.59 Å². The number of hydrogen-bond donors (Lipinski definition) is 2. The number of hydrogen-bond acceptors (Lipinski definition) is 4. The lowest BCUT2D eigenvalue weighted by molar-refractivity contribution is -0.117. The van der Waals surface area contributed by atoms with Gasteiger partial charge < -0.3 is 10.6 Å². The minimum atomic E-state index is -0.447.